The Morgan fingerprint density at radius 1 is 0.783 bits per heavy atom. The van der Waals surface area contributed by atoms with E-state index < -0.39 is 7.60 Å². The molecule has 1 unspecified atom stereocenters. The molecule has 46 heavy (non-hydrogen) atoms. The van der Waals surface area contributed by atoms with Crippen LogP contribution in [-0.4, -0.2) is 65.3 Å². The van der Waals surface area contributed by atoms with Crippen molar-refractivity contribution in [1.82, 2.24) is 20.3 Å². The highest BCUT2D eigenvalue weighted by molar-refractivity contribution is 7.53. The Hall–Kier alpha value is -1.55. The Balaban J connectivity index is 1.48. The molecule has 0 spiro atoms. The second kappa shape index (κ2) is 26.4. The number of H-pyrrole nitrogens is 2. The number of aromatic amines is 2. The van der Waals surface area contributed by atoms with Gasteiger partial charge in [0.2, 0.25) is 0 Å². The third-order valence-corrected chi connectivity index (χ3v) is 10.4. The first kappa shape index (κ1) is 40.6. The van der Waals surface area contributed by atoms with E-state index in [1.807, 2.05) is 6.92 Å². The SMILES string of the molecule is CCCCCCCCCCCCCCCCCCOCCCOP(=O)(CC[C@@H](CO)NCc1c[nH]c2c(=O)[nH]cnc12)OCCC. The minimum absolute atomic E-state index is 0.128. The molecule has 2 atom stereocenters. The van der Waals surface area contributed by atoms with Gasteiger partial charge in [0, 0.05) is 37.6 Å². The van der Waals surface area contributed by atoms with Crippen LogP contribution in [0, 0.1) is 0 Å². The Morgan fingerprint density at radius 3 is 1.98 bits per heavy atom. The Kier molecular flexibility index (Phi) is 23.3. The third kappa shape index (κ3) is 18.1. The average Bonchev–Trinajstić information content (AvgIpc) is 3.49. The van der Waals surface area contributed by atoms with E-state index in [-0.39, 0.29) is 24.4 Å². The van der Waals surface area contributed by atoms with E-state index in [4.69, 9.17) is 13.8 Å². The fourth-order valence-electron chi connectivity index (χ4n) is 5.58. The first-order valence-corrected chi connectivity index (χ1v) is 20.1. The molecule has 266 valence electrons. The average molecular weight is 669 g/mol. The van der Waals surface area contributed by atoms with Gasteiger partial charge < -0.3 is 34.2 Å². The molecule has 2 heterocycles. The van der Waals surface area contributed by atoms with Crippen molar-refractivity contribution >= 4 is 18.6 Å². The molecule has 11 heteroatoms. The molecule has 0 radical (unpaired) electrons. The number of rotatable bonds is 32. The second-order valence-corrected chi connectivity index (χ2v) is 14.8. The van der Waals surface area contributed by atoms with Crippen LogP contribution in [0.15, 0.2) is 17.3 Å². The molecule has 4 N–H and O–H groups in total. The van der Waals surface area contributed by atoms with E-state index in [1.54, 1.807) is 6.20 Å². The second-order valence-electron chi connectivity index (χ2n) is 12.6. The van der Waals surface area contributed by atoms with Crippen molar-refractivity contribution < 1.29 is 23.5 Å². The Bertz CT molecular complexity index is 1110. The molecule has 10 nitrogen and oxygen atoms in total. The van der Waals surface area contributed by atoms with Crippen LogP contribution >= 0.6 is 7.60 Å². The minimum Gasteiger partial charge on any atom is -0.395 e. The number of unbranched alkanes of at least 4 members (excludes halogenated alkanes) is 15. The van der Waals surface area contributed by atoms with Gasteiger partial charge in [0.1, 0.15) is 5.52 Å². The largest absolute Gasteiger partial charge is 0.395 e. The lowest BCUT2D eigenvalue weighted by atomic mass is 10.0. The van der Waals surface area contributed by atoms with E-state index in [1.165, 1.54) is 103 Å². The maximum Gasteiger partial charge on any atom is 0.330 e. The van der Waals surface area contributed by atoms with Crippen molar-refractivity contribution in [1.29, 1.82) is 0 Å². The summed E-state index contributed by atoms with van der Waals surface area (Å²) in [7, 11) is -3.30. The number of nitrogens with one attached hydrogen (secondary N) is 3. The number of aliphatic hydroxyl groups is 1. The molecule has 2 aromatic heterocycles. The molecule has 0 fully saturated rings. The van der Waals surface area contributed by atoms with Gasteiger partial charge in [-0.1, -0.05) is 110 Å². The zero-order valence-electron chi connectivity index (χ0n) is 29.0. The quantitative estimate of drug-likeness (QED) is 0.0450. The molecule has 0 bridgehead atoms. The monoisotopic (exact) mass is 668 g/mol. The normalized spacial score (nSPS) is 13.8. The van der Waals surface area contributed by atoms with E-state index in [2.05, 4.69) is 27.2 Å². The van der Waals surface area contributed by atoms with Gasteiger partial charge in [0.25, 0.3) is 5.56 Å². The van der Waals surface area contributed by atoms with E-state index in [0.29, 0.717) is 50.2 Å². The Labute approximate surface area is 278 Å². The van der Waals surface area contributed by atoms with Gasteiger partial charge in [-0.15, -0.1) is 0 Å². The standard InChI is InChI=1S/C35H65N4O6P/c1-3-5-6-7-8-9-10-11-12-13-14-15-16-17-18-19-23-43-24-20-25-45-46(42,44-22-4-2)26-21-32(29-40)36-27-31-28-37-34-33(31)38-30-39-35(34)41/h28,30,32,36-37,40H,3-27,29H2,1-2H3,(H,38,39,41)/t32-,46?/m0/s1. The van der Waals surface area contributed by atoms with Crippen molar-refractivity contribution in [3.05, 3.63) is 28.4 Å². The lowest BCUT2D eigenvalue weighted by Gasteiger charge is -2.22. The summed E-state index contributed by atoms with van der Waals surface area (Å²) in [5, 5.41) is 13.2. The first-order chi connectivity index (χ1) is 22.5. The number of aliphatic hydroxyl groups excluding tert-OH is 1. The van der Waals surface area contributed by atoms with E-state index >= 15 is 0 Å². The zero-order chi connectivity index (χ0) is 33.1. The minimum atomic E-state index is -3.30. The highest BCUT2D eigenvalue weighted by Crippen LogP contribution is 2.49. The summed E-state index contributed by atoms with van der Waals surface area (Å²) in [6.07, 6.45) is 26.8. The van der Waals surface area contributed by atoms with Crippen LogP contribution in [0.5, 0.6) is 0 Å². The van der Waals surface area contributed by atoms with Crippen molar-refractivity contribution in [3.8, 4) is 0 Å². The lowest BCUT2D eigenvalue weighted by molar-refractivity contribution is 0.111. The summed E-state index contributed by atoms with van der Waals surface area (Å²) in [6, 6.07) is -0.308. The molecule has 0 aliphatic heterocycles. The smallest absolute Gasteiger partial charge is 0.330 e. The summed E-state index contributed by atoms with van der Waals surface area (Å²) in [6.45, 7) is 6.53. The van der Waals surface area contributed by atoms with Gasteiger partial charge in [0.05, 0.1) is 37.8 Å². The number of hydrogen-bond acceptors (Lipinski definition) is 8. The van der Waals surface area contributed by atoms with E-state index in [0.717, 1.165) is 25.0 Å². The highest BCUT2D eigenvalue weighted by Gasteiger charge is 2.26. The Morgan fingerprint density at radius 2 is 1.37 bits per heavy atom. The summed E-state index contributed by atoms with van der Waals surface area (Å²) < 4.78 is 30.6. The summed E-state index contributed by atoms with van der Waals surface area (Å²) in [4.78, 5) is 21.6. The van der Waals surface area contributed by atoms with Crippen LogP contribution in [0.4, 0.5) is 0 Å². The predicted octanol–water partition coefficient (Wildman–Crippen LogP) is 8.40. The number of aromatic nitrogens is 3. The van der Waals surface area contributed by atoms with Gasteiger partial charge >= 0.3 is 7.60 Å². The van der Waals surface area contributed by atoms with Gasteiger partial charge in [0.15, 0.2) is 0 Å². The van der Waals surface area contributed by atoms with E-state index in [9.17, 15) is 14.5 Å². The molecule has 0 saturated carbocycles. The highest BCUT2D eigenvalue weighted by atomic mass is 31.2. The van der Waals surface area contributed by atoms with Gasteiger partial charge in [-0.25, -0.2) is 4.98 Å². The van der Waals surface area contributed by atoms with Crippen molar-refractivity contribution in [3.63, 3.8) is 0 Å². The summed E-state index contributed by atoms with van der Waals surface area (Å²) in [5.74, 6) is 0. The number of fused-ring (bicyclic) bond motifs is 1. The molecular weight excluding hydrogens is 603 g/mol. The first-order valence-electron chi connectivity index (χ1n) is 18.4. The van der Waals surface area contributed by atoms with Crippen LogP contribution in [-0.2, 0) is 24.9 Å². The topological polar surface area (TPSA) is 139 Å². The fraction of sp³-hybridized carbons (Fsp3) is 0.829. The van der Waals surface area contributed by atoms with Crippen LogP contribution in [0.3, 0.4) is 0 Å². The van der Waals surface area contributed by atoms with Crippen molar-refractivity contribution in [2.75, 3.05) is 39.2 Å². The number of nitrogens with zero attached hydrogens (tertiary/aromatic N) is 1. The lowest BCUT2D eigenvalue weighted by Crippen LogP contribution is -2.33. The molecule has 0 aromatic carbocycles. The van der Waals surface area contributed by atoms with Crippen LogP contribution in [0.25, 0.3) is 11.0 Å². The van der Waals surface area contributed by atoms with Gasteiger partial charge in [-0.2, -0.15) is 0 Å². The summed E-state index contributed by atoms with van der Waals surface area (Å²) >= 11 is 0. The molecule has 0 aliphatic carbocycles. The van der Waals surface area contributed by atoms with Crippen LogP contribution < -0.4 is 10.9 Å². The molecular formula is C35H65N4O6P. The molecule has 2 aromatic rings. The molecule has 2 rings (SSSR count). The van der Waals surface area contributed by atoms with Crippen molar-refractivity contribution in [2.24, 2.45) is 0 Å². The number of hydrogen-bond donors (Lipinski definition) is 4. The fourth-order valence-corrected chi connectivity index (χ4v) is 7.41. The van der Waals surface area contributed by atoms with Crippen LogP contribution in [0.2, 0.25) is 0 Å². The maximum absolute atomic E-state index is 13.4. The van der Waals surface area contributed by atoms with Gasteiger partial charge in [-0.3, -0.25) is 9.36 Å². The molecule has 0 saturated heterocycles. The molecule has 0 amide bonds. The zero-order valence-corrected chi connectivity index (χ0v) is 29.9. The van der Waals surface area contributed by atoms with Crippen LogP contribution in [0.1, 0.15) is 141 Å². The molecule has 0 aliphatic rings. The van der Waals surface area contributed by atoms with Gasteiger partial charge in [-0.05, 0) is 25.7 Å². The number of ether oxygens (including phenoxy) is 1. The van der Waals surface area contributed by atoms with Crippen molar-refractivity contribution in [2.45, 2.75) is 148 Å². The predicted molar refractivity (Wildman–Crippen MR) is 189 cm³/mol. The summed E-state index contributed by atoms with van der Waals surface area (Å²) in [5.41, 5.74) is 1.59. The third-order valence-electron chi connectivity index (χ3n) is 8.46. The maximum atomic E-state index is 13.4.